The van der Waals surface area contributed by atoms with Crippen molar-refractivity contribution < 1.29 is 23.5 Å². The largest absolute Gasteiger partial charge is 0.494 e. The van der Waals surface area contributed by atoms with Crippen LogP contribution in [-0.4, -0.2) is 42.6 Å². The van der Waals surface area contributed by atoms with Crippen molar-refractivity contribution in [2.75, 3.05) is 19.7 Å². The van der Waals surface area contributed by atoms with E-state index < -0.39 is 12.1 Å². The Morgan fingerprint density at radius 3 is 2.65 bits per heavy atom. The maximum absolute atomic E-state index is 12.5. The minimum absolute atomic E-state index is 0.131. The molecule has 1 aromatic carbocycles. The summed E-state index contributed by atoms with van der Waals surface area (Å²) in [6.45, 7) is 7.34. The number of rotatable bonds is 5. The predicted molar refractivity (Wildman–Crippen MR) is 97.4 cm³/mol. The maximum Gasteiger partial charge on any atom is 0.375 e. The molecule has 0 bridgehead atoms. The Kier molecular flexibility index (Phi) is 5.49. The van der Waals surface area contributed by atoms with Gasteiger partial charge in [-0.1, -0.05) is 0 Å². The lowest BCUT2D eigenvalue weighted by molar-refractivity contribution is -0.140. The molecule has 1 amide bonds. The van der Waals surface area contributed by atoms with E-state index in [1.54, 1.807) is 30.9 Å². The Balaban J connectivity index is 1.74. The summed E-state index contributed by atoms with van der Waals surface area (Å²) in [5, 5.41) is 0.804. The van der Waals surface area contributed by atoms with Crippen LogP contribution < -0.4 is 4.74 Å². The zero-order valence-electron chi connectivity index (χ0n) is 15.5. The lowest BCUT2D eigenvalue weighted by Crippen LogP contribution is -2.42. The van der Waals surface area contributed by atoms with Crippen molar-refractivity contribution in [1.82, 2.24) is 4.90 Å². The number of hydrogen-bond donors (Lipinski definition) is 0. The summed E-state index contributed by atoms with van der Waals surface area (Å²) in [5.74, 6) is 0.0874. The second kappa shape index (κ2) is 7.81. The number of esters is 1. The monoisotopic (exact) mass is 359 g/mol. The number of benzene rings is 1. The van der Waals surface area contributed by atoms with Crippen molar-refractivity contribution in [3.63, 3.8) is 0 Å². The molecule has 0 aliphatic carbocycles. The Bertz CT molecular complexity index is 804. The molecule has 1 aliphatic rings. The normalized spacial score (nSPS) is 15.7. The van der Waals surface area contributed by atoms with Crippen LogP contribution in [0.1, 0.15) is 49.2 Å². The van der Waals surface area contributed by atoms with Crippen LogP contribution in [0.4, 0.5) is 0 Å². The van der Waals surface area contributed by atoms with Gasteiger partial charge in [0, 0.05) is 24.0 Å². The van der Waals surface area contributed by atoms with Crippen molar-refractivity contribution in [3.8, 4) is 5.75 Å². The second-order valence-electron chi connectivity index (χ2n) is 6.58. The molecule has 0 unspecified atom stereocenters. The minimum Gasteiger partial charge on any atom is -0.494 e. The molecular formula is C20H25NO5. The van der Waals surface area contributed by atoms with Crippen molar-refractivity contribution in [2.24, 2.45) is 0 Å². The number of aryl methyl sites for hydroxylation is 1. The third kappa shape index (κ3) is 3.69. The molecule has 2 aromatic rings. The van der Waals surface area contributed by atoms with Crippen LogP contribution in [-0.2, 0) is 9.53 Å². The van der Waals surface area contributed by atoms with E-state index >= 15 is 0 Å². The summed E-state index contributed by atoms with van der Waals surface area (Å²) in [4.78, 5) is 26.7. The van der Waals surface area contributed by atoms with Gasteiger partial charge in [-0.15, -0.1) is 0 Å². The SMILES string of the molecule is CCOc1ccc2oc(C(=O)O[C@H](C)C(=O)N3CCCCC3)c(C)c2c1. The molecule has 6 heteroatoms. The van der Waals surface area contributed by atoms with Gasteiger partial charge in [-0.2, -0.15) is 0 Å². The third-order valence-electron chi connectivity index (χ3n) is 4.70. The van der Waals surface area contributed by atoms with Gasteiger partial charge < -0.3 is 18.8 Å². The topological polar surface area (TPSA) is 69.0 Å². The van der Waals surface area contributed by atoms with Crippen LogP contribution in [0.5, 0.6) is 5.75 Å². The summed E-state index contributed by atoms with van der Waals surface area (Å²) in [6, 6.07) is 5.41. The quantitative estimate of drug-likeness (QED) is 0.762. The van der Waals surface area contributed by atoms with Crippen molar-refractivity contribution >= 4 is 22.8 Å². The number of ether oxygens (including phenoxy) is 2. The number of nitrogens with zero attached hydrogens (tertiary/aromatic N) is 1. The van der Waals surface area contributed by atoms with Crippen molar-refractivity contribution in [3.05, 3.63) is 29.5 Å². The molecule has 1 saturated heterocycles. The summed E-state index contributed by atoms with van der Waals surface area (Å²) >= 11 is 0. The number of amides is 1. The molecule has 0 radical (unpaired) electrons. The molecule has 1 atom stereocenters. The highest BCUT2D eigenvalue weighted by atomic mass is 16.6. The Morgan fingerprint density at radius 2 is 1.96 bits per heavy atom. The van der Waals surface area contributed by atoms with E-state index in [1.807, 2.05) is 13.0 Å². The van der Waals surface area contributed by atoms with Gasteiger partial charge in [-0.3, -0.25) is 4.79 Å². The number of likely N-dealkylation sites (tertiary alicyclic amines) is 1. The van der Waals surface area contributed by atoms with Gasteiger partial charge >= 0.3 is 5.97 Å². The van der Waals surface area contributed by atoms with Gasteiger partial charge in [0.2, 0.25) is 5.76 Å². The zero-order valence-corrected chi connectivity index (χ0v) is 15.5. The first-order valence-electron chi connectivity index (χ1n) is 9.17. The van der Waals surface area contributed by atoms with Gasteiger partial charge in [0.1, 0.15) is 11.3 Å². The molecule has 1 aliphatic heterocycles. The highest BCUT2D eigenvalue weighted by Crippen LogP contribution is 2.29. The minimum atomic E-state index is -0.827. The van der Waals surface area contributed by atoms with E-state index in [9.17, 15) is 9.59 Å². The van der Waals surface area contributed by atoms with Crippen molar-refractivity contribution in [1.29, 1.82) is 0 Å². The number of hydrogen-bond acceptors (Lipinski definition) is 5. The fraction of sp³-hybridized carbons (Fsp3) is 0.500. The molecule has 140 valence electrons. The van der Waals surface area contributed by atoms with E-state index in [0.717, 1.165) is 43.5 Å². The number of carbonyl (C=O) groups excluding carboxylic acids is 2. The summed E-state index contributed by atoms with van der Waals surface area (Å²) in [7, 11) is 0. The highest BCUT2D eigenvalue weighted by Gasteiger charge is 2.28. The van der Waals surface area contributed by atoms with E-state index in [-0.39, 0.29) is 11.7 Å². The number of piperidine rings is 1. The van der Waals surface area contributed by atoms with Crippen LogP contribution in [0.3, 0.4) is 0 Å². The molecule has 2 heterocycles. The van der Waals surface area contributed by atoms with Crippen LogP contribution >= 0.6 is 0 Å². The van der Waals surface area contributed by atoms with Gasteiger partial charge in [-0.25, -0.2) is 4.79 Å². The van der Waals surface area contributed by atoms with Crippen LogP contribution in [0.25, 0.3) is 11.0 Å². The van der Waals surface area contributed by atoms with E-state index in [0.29, 0.717) is 17.8 Å². The first-order valence-corrected chi connectivity index (χ1v) is 9.17. The van der Waals surface area contributed by atoms with E-state index in [2.05, 4.69) is 0 Å². The molecule has 1 aromatic heterocycles. The maximum atomic E-state index is 12.5. The first kappa shape index (κ1) is 18.3. The Labute approximate surface area is 153 Å². The van der Waals surface area contributed by atoms with E-state index in [4.69, 9.17) is 13.9 Å². The second-order valence-corrected chi connectivity index (χ2v) is 6.58. The average molecular weight is 359 g/mol. The highest BCUT2D eigenvalue weighted by molar-refractivity contribution is 5.97. The lowest BCUT2D eigenvalue weighted by Gasteiger charge is -2.28. The fourth-order valence-electron chi connectivity index (χ4n) is 3.29. The number of fused-ring (bicyclic) bond motifs is 1. The third-order valence-corrected chi connectivity index (χ3v) is 4.70. The van der Waals surface area contributed by atoms with Crippen LogP contribution in [0.2, 0.25) is 0 Å². The summed E-state index contributed by atoms with van der Waals surface area (Å²) < 4.78 is 16.5. The molecule has 6 nitrogen and oxygen atoms in total. The van der Waals surface area contributed by atoms with Gasteiger partial charge in [0.05, 0.1) is 6.61 Å². The predicted octanol–water partition coefficient (Wildman–Crippen LogP) is 3.70. The first-order chi connectivity index (χ1) is 12.5. The number of furan rings is 1. The van der Waals surface area contributed by atoms with Gasteiger partial charge in [0.15, 0.2) is 6.10 Å². The van der Waals surface area contributed by atoms with Gasteiger partial charge in [-0.05, 0) is 58.2 Å². The zero-order chi connectivity index (χ0) is 18.7. The molecule has 0 spiro atoms. The molecule has 1 fully saturated rings. The fourth-order valence-corrected chi connectivity index (χ4v) is 3.29. The van der Waals surface area contributed by atoms with Crippen LogP contribution in [0.15, 0.2) is 22.6 Å². The Morgan fingerprint density at radius 1 is 1.23 bits per heavy atom. The summed E-state index contributed by atoms with van der Waals surface area (Å²) in [6.07, 6.45) is 2.31. The standard InChI is InChI=1S/C20H25NO5/c1-4-24-15-8-9-17-16(12-15)13(2)18(26-17)20(23)25-14(3)19(22)21-10-6-5-7-11-21/h8-9,12,14H,4-7,10-11H2,1-3H3/t14-/m1/s1. The molecule has 26 heavy (non-hydrogen) atoms. The Hall–Kier alpha value is -2.50. The smallest absolute Gasteiger partial charge is 0.375 e. The lowest BCUT2D eigenvalue weighted by atomic mass is 10.1. The average Bonchev–Trinajstić information content (AvgIpc) is 2.98. The molecular weight excluding hydrogens is 334 g/mol. The van der Waals surface area contributed by atoms with Crippen LogP contribution in [0, 0.1) is 6.92 Å². The molecule has 0 saturated carbocycles. The van der Waals surface area contributed by atoms with Crippen molar-refractivity contribution in [2.45, 2.75) is 46.1 Å². The van der Waals surface area contributed by atoms with E-state index in [1.165, 1.54) is 0 Å². The summed E-state index contributed by atoms with van der Waals surface area (Å²) in [5.41, 5.74) is 1.28. The molecule has 0 N–H and O–H groups in total. The molecule has 3 rings (SSSR count). The number of carbonyl (C=O) groups is 2. The van der Waals surface area contributed by atoms with Gasteiger partial charge in [0.25, 0.3) is 5.91 Å².